The van der Waals surface area contributed by atoms with Crippen LogP contribution in [0.3, 0.4) is 0 Å². The molecule has 0 saturated carbocycles. The van der Waals surface area contributed by atoms with Crippen molar-refractivity contribution in [2.24, 2.45) is 0 Å². The molecule has 0 spiro atoms. The normalized spacial score (nSPS) is 28.1. The molecule has 1 N–H and O–H groups in total. The molecule has 2 aromatic heterocycles. The van der Waals surface area contributed by atoms with Crippen molar-refractivity contribution < 1.29 is 4.74 Å². The second kappa shape index (κ2) is 7.84. The number of aromatic nitrogens is 2. The lowest BCUT2D eigenvalue weighted by Gasteiger charge is -2.47. The molecule has 0 amide bonds. The van der Waals surface area contributed by atoms with E-state index in [0.717, 1.165) is 55.9 Å². The monoisotopic (exact) mass is 402 g/mol. The second-order valence-electron chi connectivity index (χ2n) is 8.21. The second-order valence-corrected chi connectivity index (χ2v) is 9.41. The molecule has 0 aliphatic carbocycles. The average Bonchev–Trinajstić information content (AvgIpc) is 3.01. The first-order chi connectivity index (χ1) is 13.7. The maximum absolute atomic E-state index is 5.48. The van der Waals surface area contributed by atoms with Gasteiger partial charge in [-0.2, -0.15) is 0 Å². The number of nitrogens with zero attached hydrogens (tertiary/aromatic N) is 5. The number of fused-ring (bicyclic) bond motifs is 4. The molecule has 28 heavy (non-hydrogen) atoms. The van der Waals surface area contributed by atoms with Crippen LogP contribution < -0.4 is 5.32 Å². The lowest BCUT2D eigenvalue weighted by molar-refractivity contribution is 0.0189. The lowest BCUT2D eigenvalue weighted by atomic mass is 10.1. The summed E-state index contributed by atoms with van der Waals surface area (Å²) in [5.74, 6) is 1.94. The number of aryl methyl sites for hydroxylation is 2. The van der Waals surface area contributed by atoms with Gasteiger partial charge >= 0.3 is 0 Å². The number of nitrogens with one attached hydrogen (secondary N) is 1. The van der Waals surface area contributed by atoms with Crippen LogP contribution in [0.25, 0.3) is 10.2 Å². The Kier molecular flexibility index (Phi) is 5.23. The standard InChI is InChI=1S/C20H30N6OS/c1-14-15(2)28-20-18(14)19(21-11-16-12-24-3-5-26(16)6-4-24)22-17(23-20)13-25-7-9-27-10-8-25/h16H,3-13H2,1-2H3,(H,21,22,23). The summed E-state index contributed by atoms with van der Waals surface area (Å²) in [4.78, 5) is 20.0. The molecular weight excluding hydrogens is 372 g/mol. The molecule has 0 aromatic carbocycles. The predicted octanol–water partition coefficient (Wildman–Crippen LogP) is 1.55. The van der Waals surface area contributed by atoms with E-state index in [-0.39, 0.29) is 0 Å². The number of rotatable bonds is 5. The Morgan fingerprint density at radius 2 is 1.86 bits per heavy atom. The number of thiophene rings is 1. The van der Waals surface area contributed by atoms with Gasteiger partial charge in [-0.25, -0.2) is 9.97 Å². The fourth-order valence-electron chi connectivity index (χ4n) is 4.58. The third kappa shape index (κ3) is 3.64. The fourth-order valence-corrected chi connectivity index (χ4v) is 5.63. The highest BCUT2D eigenvalue weighted by molar-refractivity contribution is 7.18. The van der Waals surface area contributed by atoms with Crippen LogP contribution in [0.5, 0.6) is 0 Å². The summed E-state index contributed by atoms with van der Waals surface area (Å²) in [6.45, 7) is 15.7. The van der Waals surface area contributed by atoms with Gasteiger partial charge in [0.15, 0.2) is 0 Å². The Hall–Kier alpha value is -1.32. The topological polar surface area (TPSA) is 56.8 Å². The number of anilines is 1. The molecule has 4 aliphatic rings. The number of piperazine rings is 3. The molecule has 2 bridgehead atoms. The first-order valence-corrected chi connectivity index (χ1v) is 11.3. The van der Waals surface area contributed by atoms with E-state index in [1.807, 2.05) is 0 Å². The predicted molar refractivity (Wildman–Crippen MR) is 113 cm³/mol. The summed E-state index contributed by atoms with van der Waals surface area (Å²) in [7, 11) is 0. The van der Waals surface area contributed by atoms with Gasteiger partial charge in [0.25, 0.3) is 0 Å². The van der Waals surface area contributed by atoms with Crippen LogP contribution in [0.1, 0.15) is 16.3 Å². The van der Waals surface area contributed by atoms with Gasteiger partial charge in [-0.15, -0.1) is 11.3 Å². The molecule has 7 nitrogen and oxygen atoms in total. The van der Waals surface area contributed by atoms with E-state index >= 15 is 0 Å². The van der Waals surface area contributed by atoms with Gasteiger partial charge < -0.3 is 10.1 Å². The summed E-state index contributed by atoms with van der Waals surface area (Å²) >= 11 is 1.79. The molecular formula is C20H30N6OS. The van der Waals surface area contributed by atoms with Crippen molar-refractivity contribution in [1.29, 1.82) is 0 Å². The van der Waals surface area contributed by atoms with Gasteiger partial charge in [0, 0.05) is 63.3 Å². The molecule has 0 radical (unpaired) electrons. The first kappa shape index (κ1) is 18.7. The smallest absolute Gasteiger partial charge is 0.146 e. The third-order valence-electron chi connectivity index (χ3n) is 6.44. The van der Waals surface area contributed by atoms with Gasteiger partial charge in [-0.1, -0.05) is 0 Å². The Morgan fingerprint density at radius 3 is 2.57 bits per heavy atom. The van der Waals surface area contributed by atoms with E-state index < -0.39 is 0 Å². The van der Waals surface area contributed by atoms with Crippen LogP contribution in [0.2, 0.25) is 0 Å². The number of hydrogen-bond donors (Lipinski definition) is 1. The molecule has 6 heterocycles. The lowest BCUT2D eigenvalue weighted by Crippen LogP contribution is -2.62. The first-order valence-electron chi connectivity index (χ1n) is 10.4. The van der Waals surface area contributed by atoms with Gasteiger partial charge in [0.05, 0.1) is 25.1 Å². The Balaban J connectivity index is 1.39. The van der Waals surface area contributed by atoms with Gasteiger partial charge in [-0.3, -0.25) is 14.7 Å². The minimum absolute atomic E-state index is 0.579. The average molecular weight is 403 g/mol. The van der Waals surface area contributed by atoms with Crippen LogP contribution >= 0.6 is 11.3 Å². The molecule has 2 aromatic rings. The minimum Gasteiger partial charge on any atom is -0.379 e. The molecule has 6 rings (SSSR count). The fraction of sp³-hybridized carbons (Fsp3) is 0.700. The van der Waals surface area contributed by atoms with E-state index in [1.54, 1.807) is 11.3 Å². The number of morpholine rings is 1. The van der Waals surface area contributed by atoms with Crippen molar-refractivity contribution in [3.05, 3.63) is 16.3 Å². The van der Waals surface area contributed by atoms with Gasteiger partial charge in [0.2, 0.25) is 0 Å². The highest BCUT2D eigenvalue weighted by Gasteiger charge is 2.31. The number of ether oxygens (including phenoxy) is 1. The Morgan fingerprint density at radius 1 is 1.07 bits per heavy atom. The highest BCUT2D eigenvalue weighted by Crippen LogP contribution is 2.33. The Labute approximate surface area is 170 Å². The zero-order valence-electron chi connectivity index (χ0n) is 16.9. The van der Waals surface area contributed by atoms with Crippen molar-refractivity contribution in [2.75, 3.05) is 70.9 Å². The zero-order valence-corrected chi connectivity index (χ0v) is 17.7. The van der Waals surface area contributed by atoms with Crippen molar-refractivity contribution in [3.63, 3.8) is 0 Å². The van der Waals surface area contributed by atoms with E-state index in [4.69, 9.17) is 14.7 Å². The van der Waals surface area contributed by atoms with Crippen LogP contribution in [0, 0.1) is 13.8 Å². The summed E-state index contributed by atoms with van der Waals surface area (Å²) < 4.78 is 5.48. The molecule has 4 fully saturated rings. The molecule has 1 unspecified atom stereocenters. The largest absolute Gasteiger partial charge is 0.379 e. The maximum atomic E-state index is 5.48. The van der Waals surface area contributed by atoms with Crippen LogP contribution in [0.4, 0.5) is 5.82 Å². The molecule has 152 valence electrons. The van der Waals surface area contributed by atoms with Crippen molar-refractivity contribution in [2.45, 2.75) is 26.4 Å². The molecule has 4 saturated heterocycles. The third-order valence-corrected chi connectivity index (χ3v) is 7.54. The van der Waals surface area contributed by atoms with Crippen LogP contribution in [-0.2, 0) is 11.3 Å². The zero-order chi connectivity index (χ0) is 19.1. The van der Waals surface area contributed by atoms with E-state index in [0.29, 0.717) is 6.04 Å². The van der Waals surface area contributed by atoms with E-state index in [1.165, 1.54) is 48.6 Å². The molecule has 8 heteroatoms. The van der Waals surface area contributed by atoms with E-state index in [9.17, 15) is 0 Å². The van der Waals surface area contributed by atoms with Crippen LogP contribution in [-0.4, -0.2) is 96.3 Å². The molecule has 4 aliphatic heterocycles. The summed E-state index contributed by atoms with van der Waals surface area (Å²) in [6.07, 6.45) is 0. The maximum Gasteiger partial charge on any atom is 0.146 e. The Bertz CT molecular complexity index is 841. The van der Waals surface area contributed by atoms with Crippen molar-refractivity contribution in [3.8, 4) is 0 Å². The summed E-state index contributed by atoms with van der Waals surface area (Å²) in [5.41, 5.74) is 1.31. The highest BCUT2D eigenvalue weighted by atomic mass is 32.1. The SMILES string of the molecule is Cc1sc2nc(CN3CCOCC3)nc(NCC3CN4CCN3CC4)c2c1C. The van der Waals surface area contributed by atoms with Crippen molar-refractivity contribution in [1.82, 2.24) is 24.7 Å². The molecule has 1 atom stereocenters. The van der Waals surface area contributed by atoms with Gasteiger partial charge in [0.1, 0.15) is 16.5 Å². The van der Waals surface area contributed by atoms with Crippen molar-refractivity contribution >= 4 is 27.4 Å². The quantitative estimate of drug-likeness (QED) is 0.814. The van der Waals surface area contributed by atoms with E-state index in [2.05, 4.69) is 33.9 Å². The minimum atomic E-state index is 0.579. The summed E-state index contributed by atoms with van der Waals surface area (Å²) in [5, 5.41) is 4.93. The summed E-state index contributed by atoms with van der Waals surface area (Å²) in [6, 6.07) is 0.579. The van der Waals surface area contributed by atoms with Crippen LogP contribution in [0.15, 0.2) is 0 Å². The van der Waals surface area contributed by atoms with Gasteiger partial charge in [-0.05, 0) is 19.4 Å². The number of hydrogen-bond acceptors (Lipinski definition) is 8.